The molecule has 1 unspecified atom stereocenters. The van der Waals surface area contributed by atoms with E-state index in [1.165, 1.54) is 5.56 Å². The standard InChI is InChI=1S/C12H16FN/c1-9-4-5-10-11(8-9)14-7-3-6-12(10,2)13/h4-5,8,14H,3,6-7H2,1-2H3. The zero-order valence-corrected chi connectivity index (χ0v) is 8.73. The Morgan fingerprint density at radius 3 is 3.00 bits per heavy atom. The van der Waals surface area contributed by atoms with Gasteiger partial charge in [0.2, 0.25) is 0 Å². The Balaban J connectivity index is 2.50. The Bertz CT molecular complexity index is 344. The van der Waals surface area contributed by atoms with Gasteiger partial charge < -0.3 is 5.32 Å². The van der Waals surface area contributed by atoms with Crippen molar-refractivity contribution in [3.8, 4) is 0 Å². The van der Waals surface area contributed by atoms with Gasteiger partial charge in [0.15, 0.2) is 0 Å². The molecule has 1 aromatic rings. The third-order valence-electron chi connectivity index (χ3n) is 2.88. The highest BCUT2D eigenvalue weighted by Crippen LogP contribution is 2.37. The van der Waals surface area contributed by atoms with Gasteiger partial charge in [-0.15, -0.1) is 0 Å². The van der Waals surface area contributed by atoms with E-state index in [1.54, 1.807) is 6.92 Å². The van der Waals surface area contributed by atoms with Crippen LogP contribution in [0.3, 0.4) is 0 Å². The molecule has 14 heavy (non-hydrogen) atoms. The van der Waals surface area contributed by atoms with E-state index in [0.29, 0.717) is 6.42 Å². The van der Waals surface area contributed by atoms with E-state index in [-0.39, 0.29) is 0 Å². The monoisotopic (exact) mass is 193 g/mol. The number of benzene rings is 1. The largest absolute Gasteiger partial charge is 0.385 e. The average Bonchev–Trinajstić information content (AvgIpc) is 2.25. The number of alkyl halides is 1. The topological polar surface area (TPSA) is 12.0 Å². The van der Waals surface area contributed by atoms with Gasteiger partial charge in [-0.1, -0.05) is 12.1 Å². The van der Waals surface area contributed by atoms with Gasteiger partial charge in [0.25, 0.3) is 0 Å². The summed E-state index contributed by atoms with van der Waals surface area (Å²) in [5.74, 6) is 0. The van der Waals surface area contributed by atoms with Gasteiger partial charge in [-0.2, -0.15) is 0 Å². The molecule has 0 fully saturated rings. The molecule has 1 nitrogen and oxygen atoms in total. The molecular formula is C12H16FN. The third-order valence-corrected chi connectivity index (χ3v) is 2.88. The summed E-state index contributed by atoms with van der Waals surface area (Å²) in [6.07, 6.45) is 1.50. The maximum absolute atomic E-state index is 14.2. The van der Waals surface area contributed by atoms with Crippen LogP contribution in [0.2, 0.25) is 0 Å². The second-order valence-electron chi connectivity index (χ2n) is 4.28. The minimum Gasteiger partial charge on any atom is -0.385 e. The van der Waals surface area contributed by atoms with E-state index in [4.69, 9.17) is 0 Å². The number of rotatable bonds is 0. The van der Waals surface area contributed by atoms with Crippen molar-refractivity contribution in [1.29, 1.82) is 0 Å². The van der Waals surface area contributed by atoms with Gasteiger partial charge in [-0.3, -0.25) is 0 Å². The Kier molecular flexibility index (Phi) is 2.22. The smallest absolute Gasteiger partial charge is 0.135 e. The van der Waals surface area contributed by atoms with Crippen molar-refractivity contribution in [3.05, 3.63) is 29.3 Å². The Labute approximate surface area is 84.3 Å². The first kappa shape index (κ1) is 9.50. The number of halogens is 1. The molecule has 76 valence electrons. The summed E-state index contributed by atoms with van der Waals surface area (Å²) in [4.78, 5) is 0. The highest BCUT2D eigenvalue weighted by molar-refractivity contribution is 5.56. The Morgan fingerprint density at radius 2 is 2.21 bits per heavy atom. The molecule has 1 aliphatic heterocycles. The SMILES string of the molecule is Cc1ccc2c(c1)NCCCC2(C)F. The molecule has 0 saturated carbocycles. The van der Waals surface area contributed by atoms with Gasteiger partial charge in [-0.25, -0.2) is 4.39 Å². The number of fused-ring (bicyclic) bond motifs is 1. The van der Waals surface area contributed by atoms with E-state index in [2.05, 4.69) is 5.32 Å². The first-order valence-corrected chi connectivity index (χ1v) is 5.13. The Hall–Kier alpha value is -1.05. The van der Waals surface area contributed by atoms with Gasteiger partial charge in [-0.05, 0) is 38.3 Å². The van der Waals surface area contributed by atoms with E-state index in [0.717, 1.165) is 24.2 Å². The van der Waals surface area contributed by atoms with Crippen LogP contribution in [0.25, 0.3) is 0 Å². The lowest BCUT2D eigenvalue weighted by Gasteiger charge is -2.20. The van der Waals surface area contributed by atoms with E-state index < -0.39 is 5.67 Å². The molecule has 2 rings (SSSR count). The maximum atomic E-state index is 14.2. The van der Waals surface area contributed by atoms with Crippen LogP contribution < -0.4 is 5.32 Å². The number of nitrogens with one attached hydrogen (secondary N) is 1. The van der Waals surface area contributed by atoms with Gasteiger partial charge in [0.05, 0.1) is 0 Å². The fourth-order valence-electron chi connectivity index (χ4n) is 2.04. The summed E-state index contributed by atoms with van der Waals surface area (Å²) in [6.45, 7) is 4.58. The summed E-state index contributed by atoms with van der Waals surface area (Å²) in [6, 6.07) is 5.91. The van der Waals surface area contributed by atoms with Gasteiger partial charge in [0.1, 0.15) is 5.67 Å². The lowest BCUT2D eigenvalue weighted by atomic mass is 9.92. The summed E-state index contributed by atoms with van der Waals surface area (Å²) in [7, 11) is 0. The molecule has 2 heteroatoms. The maximum Gasteiger partial charge on any atom is 0.135 e. The van der Waals surface area contributed by atoms with Crippen LogP contribution >= 0.6 is 0 Å². The van der Waals surface area contributed by atoms with Crippen molar-refractivity contribution in [2.45, 2.75) is 32.4 Å². The molecule has 0 aromatic heterocycles. The minimum atomic E-state index is -1.17. The van der Waals surface area contributed by atoms with E-state index in [1.807, 2.05) is 25.1 Å². The highest BCUT2D eigenvalue weighted by Gasteiger charge is 2.29. The van der Waals surface area contributed by atoms with Crippen LogP contribution in [0, 0.1) is 6.92 Å². The van der Waals surface area contributed by atoms with Gasteiger partial charge in [0, 0.05) is 17.8 Å². The highest BCUT2D eigenvalue weighted by atomic mass is 19.1. The minimum absolute atomic E-state index is 0.607. The lowest BCUT2D eigenvalue weighted by Crippen LogP contribution is -2.14. The molecule has 1 N–H and O–H groups in total. The molecule has 1 aromatic carbocycles. The van der Waals surface area contributed by atoms with Crippen molar-refractivity contribution in [3.63, 3.8) is 0 Å². The summed E-state index contributed by atoms with van der Waals surface area (Å²) < 4.78 is 14.2. The van der Waals surface area contributed by atoms with Crippen molar-refractivity contribution in [2.75, 3.05) is 11.9 Å². The predicted molar refractivity (Wildman–Crippen MR) is 57.4 cm³/mol. The fraction of sp³-hybridized carbons (Fsp3) is 0.500. The molecule has 1 heterocycles. The molecule has 0 spiro atoms. The average molecular weight is 193 g/mol. The van der Waals surface area contributed by atoms with Crippen LogP contribution in [0.15, 0.2) is 18.2 Å². The number of hydrogen-bond acceptors (Lipinski definition) is 1. The molecule has 0 radical (unpaired) electrons. The normalized spacial score (nSPS) is 26.2. The van der Waals surface area contributed by atoms with Crippen molar-refractivity contribution in [1.82, 2.24) is 0 Å². The predicted octanol–water partition coefficient (Wildman–Crippen LogP) is 3.39. The number of aryl methyl sites for hydroxylation is 1. The lowest BCUT2D eigenvalue weighted by molar-refractivity contribution is 0.178. The second kappa shape index (κ2) is 3.26. The summed E-state index contributed by atoms with van der Waals surface area (Å²) >= 11 is 0. The summed E-state index contributed by atoms with van der Waals surface area (Å²) in [5.41, 5.74) is 1.77. The van der Waals surface area contributed by atoms with Crippen molar-refractivity contribution < 1.29 is 4.39 Å². The van der Waals surface area contributed by atoms with Crippen LogP contribution in [0.4, 0.5) is 10.1 Å². The first-order chi connectivity index (χ1) is 6.59. The molecular weight excluding hydrogens is 177 g/mol. The van der Waals surface area contributed by atoms with E-state index in [9.17, 15) is 4.39 Å². The molecule has 0 amide bonds. The molecule has 1 atom stereocenters. The molecule has 0 saturated heterocycles. The Morgan fingerprint density at radius 1 is 1.43 bits per heavy atom. The third kappa shape index (κ3) is 1.61. The summed E-state index contributed by atoms with van der Waals surface area (Å²) in [5, 5.41) is 3.28. The van der Waals surface area contributed by atoms with Crippen LogP contribution in [-0.2, 0) is 5.67 Å². The number of hydrogen-bond donors (Lipinski definition) is 1. The molecule has 0 aliphatic carbocycles. The fourth-order valence-corrected chi connectivity index (χ4v) is 2.04. The van der Waals surface area contributed by atoms with Crippen molar-refractivity contribution >= 4 is 5.69 Å². The van der Waals surface area contributed by atoms with Gasteiger partial charge >= 0.3 is 0 Å². The van der Waals surface area contributed by atoms with Crippen molar-refractivity contribution in [2.24, 2.45) is 0 Å². The zero-order chi connectivity index (χ0) is 10.2. The molecule has 0 bridgehead atoms. The first-order valence-electron chi connectivity index (χ1n) is 5.13. The van der Waals surface area contributed by atoms with Crippen LogP contribution in [-0.4, -0.2) is 6.54 Å². The van der Waals surface area contributed by atoms with Crippen LogP contribution in [0.5, 0.6) is 0 Å². The van der Waals surface area contributed by atoms with E-state index >= 15 is 0 Å². The second-order valence-corrected chi connectivity index (χ2v) is 4.28. The quantitative estimate of drug-likeness (QED) is 0.666. The van der Waals surface area contributed by atoms with Crippen LogP contribution in [0.1, 0.15) is 30.9 Å². The number of anilines is 1. The molecule has 1 aliphatic rings. The zero-order valence-electron chi connectivity index (χ0n) is 8.73.